The zero-order valence-electron chi connectivity index (χ0n) is 13.1. The number of nitrogens with zero attached hydrogens (tertiary/aromatic N) is 2. The number of thiophene rings is 1. The lowest BCUT2D eigenvalue weighted by atomic mass is 10.0. The van der Waals surface area contributed by atoms with Crippen molar-refractivity contribution in [1.82, 2.24) is 15.1 Å². The summed E-state index contributed by atoms with van der Waals surface area (Å²) < 4.78 is 1.77. The minimum absolute atomic E-state index is 0.0355. The molecule has 3 rings (SSSR count). The molecule has 3 aromatic rings. The zero-order chi connectivity index (χ0) is 16.2. The van der Waals surface area contributed by atoms with Crippen LogP contribution in [0.5, 0.6) is 0 Å². The molecule has 1 aromatic carbocycles. The van der Waals surface area contributed by atoms with Crippen LogP contribution in [0.4, 0.5) is 0 Å². The highest BCUT2D eigenvalue weighted by atomic mass is 32.1. The van der Waals surface area contributed by atoms with E-state index < -0.39 is 0 Å². The summed E-state index contributed by atoms with van der Waals surface area (Å²) in [5.74, 6) is 0.282. The first-order valence-corrected chi connectivity index (χ1v) is 8.47. The lowest BCUT2D eigenvalue weighted by molar-refractivity contribution is 0.0926. The molecule has 1 amide bonds. The van der Waals surface area contributed by atoms with Crippen molar-refractivity contribution in [3.8, 4) is 5.69 Å². The van der Waals surface area contributed by atoms with Gasteiger partial charge in [-0.2, -0.15) is 5.10 Å². The van der Waals surface area contributed by atoms with Crippen LogP contribution in [0.1, 0.15) is 35.1 Å². The van der Waals surface area contributed by atoms with Crippen LogP contribution in [-0.2, 0) is 0 Å². The van der Waals surface area contributed by atoms with Gasteiger partial charge in [0.15, 0.2) is 0 Å². The van der Waals surface area contributed by atoms with Crippen LogP contribution in [-0.4, -0.2) is 15.7 Å². The minimum Gasteiger partial charge on any atom is -0.344 e. The largest absolute Gasteiger partial charge is 0.344 e. The van der Waals surface area contributed by atoms with Crippen molar-refractivity contribution in [2.45, 2.75) is 19.9 Å². The Bertz CT molecular complexity index is 746. The second-order valence-corrected chi connectivity index (χ2v) is 6.69. The van der Waals surface area contributed by atoms with E-state index in [1.54, 1.807) is 22.2 Å². The van der Waals surface area contributed by atoms with Crippen molar-refractivity contribution in [3.63, 3.8) is 0 Å². The molecule has 2 aromatic heterocycles. The summed E-state index contributed by atoms with van der Waals surface area (Å²) in [6.07, 6.45) is 3.61. The van der Waals surface area contributed by atoms with E-state index in [0.29, 0.717) is 11.5 Å². The first-order valence-electron chi connectivity index (χ1n) is 7.59. The Hall–Kier alpha value is -2.40. The van der Waals surface area contributed by atoms with Crippen molar-refractivity contribution >= 4 is 17.2 Å². The van der Waals surface area contributed by atoms with Gasteiger partial charge in [-0.05, 0) is 47.7 Å². The van der Waals surface area contributed by atoms with Crippen molar-refractivity contribution in [3.05, 3.63) is 70.7 Å². The van der Waals surface area contributed by atoms with Crippen molar-refractivity contribution in [2.24, 2.45) is 5.92 Å². The van der Waals surface area contributed by atoms with Crippen LogP contribution in [0.3, 0.4) is 0 Å². The third-order valence-corrected chi connectivity index (χ3v) is 4.66. The number of nitrogens with one attached hydrogen (secondary N) is 1. The minimum atomic E-state index is -0.0517. The van der Waals surface area contributed by atoms with Gasteiger partial charge in [0.1, 0.15) is 0 Å². The molecule has 0 aliphatic heterocycles. The Kier molecular flexibility index (Phi) is 4.57. The van der Waals surface area contributed by atoms with Crippen LogP contribution >= 0.6 is 11.3 Å². The highest BCUT2D eigenvalue weighted by Crippen LogP contribution is 2.26. The number of benzene rings is 1. The van der Waals surface area contributed by atoms with Crippen LogP contribution in [0.15, 0.2) is 60.2 Å². The molecule has 1 atom stereocenters. The summed E-state index contributed by atoms with van der Waals surface area (Å²) in [4.78, 5) is 13.7. The van der Waals surface area contributed by atoms with E-state index >= 15 is 0 Å². The standard InChI is InChI=1S/C18H19N3OS/c1-13(2)17(16-5-3-12-23-16)20-18(22)14-6-8-15(9-7-14)21-11-4-10-19-21/h3-13,17H,1-2H3,(H,20,22)/t17-/m1/s1. The quantitative estimate of drug-likeness (QED) is 0.769. The van der Waals surface area contributed by atoms with Gasteiger partial charge in [-0.3, -0.25) is 4.79 Å². The Morgan fingerprint density at radius 3 is 2.52 bits per heavy atom. The molecule has 0 spiro atoms. The van der Waals surface area contributed by atoms with Crippen molar-refractivity contribution in [1.29, 1.82) is 0 Å². The lowest BCUT2D eigenvalue weighted by Gasteiger charge is -2.21. The molecule has 0 unspecified atom stereocenters. The van der Waals surface area contributed by atoms with Gasteiger partial charge in [0.25, 0.3) is 5.91 Å². The molecule has 2 heterocycles. The predicted molar refractivity (Wildman–Crippen MR) is 92.9 cm³/mol. The highest BCUT2D eigenvalue weighted by molar-refractivity contribution is 7.10. The molecule has 0 radical (unpaired) electrons. The van der Waals surface area contributed by atoms with E-state index in [-0.39, 0.29) is 11.9 Å². The van der Waals surface area contributed by atoms with Gasteiger partial charge in [-0.25, -0.2) is 4.68 Å². The molecule has 23 heavy (non-hydrogen) atoms. The van der Waals surface area contributed by atoms with Crippen molar-refractivity contribution in [2.75, 3.05) is 0 Å². The highest BCUT2D eigenvalue weighted by Gasteiger charge is 2.19. The monoisotopic (exact) mass is 325 g/mol. The third kappa shape index (κ3) is 3.51. The number of hydrogen-bond donors (Lipinski definition) is 1. The maximum absolute atomic E-state index is 12.5. The maximum Gasteiger partial charge on any atom is 0.251 e. The average molecular weight is 325 g/mol. The van der Waals surface area contributed by atoms with E-state index in [9.17, 15) is 4.79 Å². The number of carbonyl (C=O) groups excluding carboxylic acids is 1. The molecular weight excluding hydrogens is 306 g/mol. The van der Waals surface area contributed by atoms with Crippen molar-refractivity contribution < 1.29 is 4.79 Å². The number of aromatic nitrogens is 2. The predicted octanol–water partition coefficient (Wildman–Crippen LogP) is 4.06. The fourth-order valence-electron chi connectivity index (χ4n) is 2.45. The van der Waals surface area contributed by atoms with Gasteiger partial charge in [-0.15, -0.1) is 11.3 Å². The average Bonchev–Trinajstić information content (AvgIpc) is 3.25. The van der Waals surface area contributed by atoms with Crippen LogP contribution in [0, 0.1) is 5.92 Å². The first-order chi connectivity index (χ1) is 11.1. The fraction of sp³-hybridized carbons (Fsp3) is 0.222. The summed E-state index contributed by atoms with van der Waals surface area (Å²) in [7, 11) is 0. The molecule has 0 saturated carbocycles. The molecule has 4 nitrogen and oxygen atoms in total. The Balaban J connectivity index is 1.75. The van der Waals surface area contributed by atoms with E-state index in [4.69, 9.17) is 0 Å². The molecule has 0 aliphatic carbocycles. The van der Waals surface area contributed by atoms with Crippen LogP contribution in [0.25, 0.3) is 5.69 Å². The number of hydrogen-bond acceptors (Lipinski definition) is 3. The second-order valence-electron chi connectivity index (χ2n) is 5.71. The van der Waals surface area contributed by atoms with Gasteiger partial charge >= 0.3 is 0 Å². The van der Waals surface area contributed by atoms with Gasteiger partial charge < -0.3 is 5.32 Å². The van der Waals surface area contributed by atoms with E-state index in [1.165, 1.54) is 4.88 Å². The maximum atomic E-state index is 12.5. The number of carbonyl (C=O) groups is 1. The second kappa shape index (κ2) is 6.79. The molecule has 0 bridgehead atoms. The topological polar surface area (TPSA) is 46.9 Å². The summed E-state index contributed by atoms with van der Waals surface area (Å²) in [6.45, 7) is 4.23. The third-order valence-electron chi connectivity index (χ3n) is 3.70. The Morgan fingerprint density at radius 2 is 1.96 bits per heavy atom. The Morgan fingerprint density at radius 1 is 1.17 bits per heavy atom. The molecule has 0 aliphatic rings. The van der Waals surface area contributed by atoms with Gasteiger partial charge in [0, 0.05) is 22.8 Å². The smallest absolute Gasteiger partial charge is 0.251 e. The van der Waals surface area contributed by atoms with E-state index in [0.717, 1.165) is 5.69 Å². The molecule has 0 fully saturated rings. The summed E-state index contributed by atoms with van der Waals surface area (Å²) in [5, 5.41) is 9.36. The SMILES string of the molecule is CC(C)[C@@H](NC(=O)c1ccc(-n2cccn2)cc1)c1cccs1. The summed E-state index contributed by atoms with van der Waals surface area (Å²) in [5.41, 5.74) is 1.59. The normalized spacial score (nSPS) is 12.3. The molecule has 5 heteroatoms. The van der Waals surface area contributed by atoms with Gasteiger partial charge in [0.05, 0.1) is 11.7 Å². The van der Waals surface area contributed by atoms with E-state index in [2.05, 4.69) is 30.3 Å². The molecule has 1 N–H and O–H groups in total. The number of rotatable bonds is 5. The lowest BCUT2D eigenvalue weighted by Crippen LogP contribution is -2.31. The molecule has 0 saturated heterocycles. The first kappa shape index (κ1) is 15.5. The number of amides is 1. The zero-order valence-corrected chi connectivity index (χ0v) is 14.0. The van der Waals surface area contributed by atoms with Gasteiger partial charge in [-0.1, -0.05) is 19.9 Å². The molecule has 118 valence electrons. The fourth-order valence-corrected chi connectivity index (χ4v) is 3.40. The Labute approximate surface area is 139 Å². The summed E-state index contributed by atoms with van der Waals surface area (Å²) in [6, 6.07) is 13.4. The van der Waals surface area contributed by atoms with Crippen LogP contribution in [0.2, 0.25) is 0 Å². The van der Waals surface area contributed by atoms with Crippen LogP contribution < -0.4 is 5.32 Å². The van der Waals surface area contributed by atoms with Gasteiger partial charge in [0.2, 0.25) is 0 Å². The summed E-state index contributed by atoms with van der Waals surface area (Å²) >= 11 is 1.67. The van der Waals surface area contributed by atoms with E-state index in [1.807, 2.05) is 48.0 Å². The molecular formula is C18H19N3OS.